The number of nitrogens with zero attached hydrogens (tertiary/aromatic N) is 2. The average molecular weight is 339 g/mol. The Morgan fingerprint density at radius 3 is 3.00 bits per heavy atom. The minimum absolute atomic E-state index is 0.0374. The summed E-state index contributed by atoms with van der Waals surface area (Å²) in [7, 11) is 3.51. The summed E-state index contributed by atoms with van der Waals surface area (Å²) in [6.45, 7) is 0.644. The van der Waals surface area contributed by atoms with Gasteiger partial charge in [0.2, 0.25) is 0 Å². The van der Waals surface area contributed by atoms with Crippen LogP contribution in [0.4, 0.5) is 4.79 Å². The van der Waals surface area contributed by atoms with Gasteiger partial charge in [0.25, 0.3) is 0 Å². The number of aromatic nitrogens is 1. The van der Waals surface area contributed by atoms with E-state index in [9.17, 15) is 4.79 Å². The molecule has 0 fully saturated rings. The third-order valence-electron chi connectivity index (χ3n) is 4.74. The Hall–Kier alpha value is -2.56. The highest BCUT2D eigenvalue weighted by Crippen LogP contribution is 2.32. The van der Waals surface area contributed by atoms with Crippen LogP contribution in [0.15, 0.2) is 42.6 Å². The number of ether oxygens (including phenoxy) is 1. The lowest BCUT2D eigenvalue weighted by molar-refractivity contribution is 0.203. The number of benzene rings is 1. The molecule has 3 rings (SSSR count). The minimum Gasteiger partial charge on any atom is -0.497 e. The number of aryl methyl sites for hydroxylation is 1. The summed E-state index contributed by atoms with van der Waals surface area (Å²) < 4.78 is 5.31. The molecule has 1 aliphatic rings. The lowest BCUT2D eigenvalue weighted by Crippen LogP contribution is -2.41. The fourth-order valence-corrected chi connectivity index (χ4v) is 3.26. The molecule has 1 unspecified atom stereocenters. The molecule has 1 heterocycles. The van der Waals surface area contributed by atoms with Gasteiger partial charge >= 0.3 is 6.03 Å². The summed E-state index contributed by atoms with van der Waals surface area (Å²) in [6.07, 6.45) is 5.61. The summed E-state index contributed by atoms with van der Waals surface area (Å²) in [5.74, 6) is 0.873. The number of carbonyl (C=O) groups is 1. The maximum absolute atomic E-state index is 12.5. The number of pyridine rings is 1. The third-order valence-corrected chi connectivity index (χ3v) is 4.74. The molecular weight excluding hydrogens is 314 g/mol. The van der Waals surface area contributed by atoms with Crippen LogP contribution >= 0.6 is 0 Å². The fourth-order valence-electron chi connectivity index (χ4n) is 3.26. The van der Waals surface area contributed by atoms with Gasteiger partial charge in [-0.3, -0.25) is 4.98 Å². The molecule has 25 heavy (non-hydrogen) atoms. The van der Waals surface area contributed by atoms with Crippen molar-refractivity contribution in [2.75, 3.05) is 20.7 Å². The molecule has 1 N–H and O–H groups in total. The molecule has 0 saturated carbocycles. The number of amides is 2. The van der Waals surface area contributed by atoms with E-state index in [0.717, 1.165) is 37.1 Å². The van der Waals surface area contributed by atoms with Gasteiger partial charge in [-0.2, -0.15) is 0 Å². The topological polar surface area (TPSA) is 54.5 Å². The number of urea groups is 1. The Morgan fingerprint density at radius 1 is 1.36 bits per heavy atom. The second-order valence-corrected chi connectivity index (χ2v) is 6.45. The normalized spacial score (nSPS) is 16.0. The predicted molar refractivity (Wildman–Crippen MR) is 97.8 cm³/mol. The van der Waals surface area contributed by atoms with E-state index in [-0.39, 0.29) is 12.1 Å². The van der Waals surface area contributed by atoms with Gasteiger partial charge in [0.1, 0.15) is 5.75 Å². The van der Waals surface area contributed by atoms with E-state index in [1.54, 1.807) is 18.2 Å². The van der Waals surface area contributed by atoms with Gasteiger partial charge < -0.3 is 15.0 Å². The minimum atomic E-state index is -0.0374. The molecule has 0 bridgehead atoms. The highest BCUT2D eigenvalue weighted by Gasteiger charge is 2.23. The van der Waals surface area contributed by atoms with Gasteiger partial charge in [-0.25, -0.2) is 4.79 Å². The maximum Gasteiger partial charge on any atom is 0.317 e. The zero-order valence-corrected chi connectivity index (χ0v) is 14.9. The number of fused-ring (bicyclic) bond motifs is 1. The Balaban J connectivity index is 1.59. The molecule has 5 nitrogen and oxygen atoms in total. The van der Waals surface area contributed by atoms with Crippen molar-refractivity contribution in [2.24, 2.45) is 0 Å². The van der Waals surface area contributed by atoms with E-state index in [1.165, 1.54) is 11.1 Å². The molecule has 5 heteroatoms. The molecular formula is C20H25N3O2. The quantitative estimate of drug-likeness (QED) is 0.909. The van der Waals surface area contributed by atoms with Crippen LogP contribution in [0.3, 0.4) is 0 Å². The summed E-state index contributed by atoms with van der Waals surface area (Å²) in [4.78, 5) is 18.6. The van der Waals surface area contributed by atoms with Crippen LogP contribution in [0.2, 0.25) is 0 Å². The van der Waals surface area contributed by atoms with Crippen molar-refractivity contribution < 1.29 is 9.53 Å². The van der Waals surface area contributed by atoms with Crippen molar-refractivity contribution in [1.29, 1.82) is 0 Å². The Kier molecular flexibility index (Phi) is 5.53. The molecule has 0 radical (unpaired) electrons. The number of methoxy groups -OCH3 is 1. The average Bonchev–Trinajstić information content (AvgIpc) is 2.66. The molecule has 1 aliphatic carbocycles. The SMILES string of the molecule is COc1ccc2c(c1)CCCC2NC(=O)N(C)CCc1ccccn1. The Labute approximate surface area is 149 Å². The highest BCUT2D eigenvalue weighted by atomic mass is 16.5. The summed E-state index contributed by atoms with van der Waals surface area (Å²) in [5.41, 5.74) is 3.47. The van der Waals surface area contributed by atoms with Crippen molar-refractivity contribution in [3.63, 3.8) is 0 Å². The highest BCUT2D eigenvalue weighted by molar-refractivity contribution is 5.74. The number of carbonyl (C=O) groups excluding carboxylic acids is 1. The molecule has 0 saturated heterocycles. The largest absolute Gasteiger partial charge is 0.497 e. The van der Waals surface area contributed by atoms with Crippen molar-refractivity contribution in [3.8, 4) is 5.75 Å². The van der Waals surface area contributed by atoms with Crippen LogP contribution in [0.1, 0.15) is 35.7 Å². The third kappa shape index (κ3) is 4.29. The van der Waals surface area contributed by atoms with E-state index >= 15 is 0 Å². The van der Waals surface area contributed by atoms with Gasteiger partial charge in [-0.05, 0) is 54.7 Å². The standard InChI is InChI=1S/C20H25N3O2/c1-23(13-11-16-7-3-4-12-21-16)20(24)22-19-8-5-6-15-14-17(25-2)9-10-18(15)19/h3-4,7,9-10,12,14,19H,5-6,8,11,13H2,1-2H3,(H,22,24). The number of likely N-dealkylation sites (N-methyl/N-ethyl adjacent to an activating group) is 1. The second kappa shape index (κ2) is 8.01. The van der Waals surface area contributed by atoms with Crippen molar-refractivity contribution in [2.45, 2.75) is 31.7 Å². The maximum atomic E-state index is 12.5. The lowest BCUT2D eigenvalue weighted by Gasteiger charge is -2.29. The van der Waals surface area contributed by atoms with Crippen LogP contribution in [-0.2, 0) is 12.8 Å². The van der Waals surface area contributed by atoms with Crippen LogP contribution in [0, 0.1) is 0 Å². The van der Waals surface area contributed by atoms with E-state index in [1.807, 2.05) is 31.3 Å². The van der Waals surface area contributed by atoms with Gasteiger partial charge in [-0.15, -0.1) is 0 Å². The first kappa shape index (κ1) is 17.3. The van der Waals surface area contributed by atoms with E-state index in [4.69, 9.17) is 4.74 Å². The monoisotopic (exact) mass is 339 g/mol. The molecule has 1 atom stereocenters. The fraction of sp³-hybridized carbons (Fsp3) is 0.400. The smallest absolute Gasteiger partial charge is 0.317 e. The Bertz CT molecular complexity index is 718. The first-order chi connectivity index (χ1) is 12.2. The van der Waals surface area contributed by atoms with Crippen LogP contribution < -0.4 is 10.1 Å². The zero-order valence-electron chi connectivity index (χ0n) is 14.9. The van der Waals surface area contributed by atoms with Crippen molar-refractivity contribution >= 4 is 6.03 Å². The molecule has 0 aliphatic heterocycles. The number of rotatable bonds is 5. The van der Waals surface area contributed by atoms with E-state index in [2.05, 4.69) is 22.4 Å². The number of nitrogens with one attached hydrogen (secondary N) is 1. The molecule has 1 aromatic carbocycles. The van der Waals surface area contributed by atoms with Gasteiger partial charge in [-0.1, -0.05) is 12.1 Å². The molecule has 132 valence electrons. The van der Waals surface area contributed by atoms with Gasteiger partial charge in [0.05, 0.1) is 13.2 Å². The Morgan fingerprint density at radius 2 is 2.24 bits per heavy atom. The summed E-state index contributed by atoms with van der Waals surface area (Å²) in [5, 5.41) is 3.17. The molecule has 2 amide bonds. The van der Waals surface area contributed by atoms with Crippen LogP contribution in [0.25, 0.3) is 0 Å². The van der Waals surface area contributed by atoms with Gasteiger partial charge in [0.15, 0.2) is 0 Å². The van der Waals surface area contributed by atoms with Crippen LogP contribution in [0.5, 0.6) is 5.75 Å². The molecule has 1 aromatic heterocycles. The first-order valence-electron chi connectivity index (χ1n) is 8.75. The summed E-state index contributed by atoms with van der Waals surface area (Å²) in [6, 6.07) is 12.0. The van der Waals surface area contributed by atoms with Crippen LogP contribution in [-0.4, -0.2) is 36.6 Å². The van der Waals surface area contributed by atoms with Crippen molar-refractivity contribution in [3.05, 3.63) is 59.4 Å². The van der Waals surface area contributed by atoms with E-state index < -0.39 is 0 Å². The van der Waals surface area contributed by atoms with Crippen molar-refractivity contribution in [1.82, 2.24) is 15.2 Å². The second-order valence-electron chi connectivity index (χ2n) is 6.45. The predicted octanol–water partition coefficient (Wildman–Crippen LogP) is 3.35. The van der Waals surface area contributed by atoms with E-state index in [0.29, 0.717) is 6.54 Å². The van der Waals surface area contributed by atoms with Gasteiger partial charge in [0, 0.05) is 31.9 Å². The molecule has 0 spiro atoms. The number of hydrogen-bond donors (Lipinski definition) is 1. The lowest BCUT2D eigenvalue weighted by atomic mass is 9.87. The molecule has 2 aromatic rings. The summed E-state index contributed by atoms with van der Waals surface area (Å²) >= 11 is 0. The first-order valence-corrected chi connectivity index (χ1v) is 8.75. The zero-order chi connectivity index (χ0) is 17.6. The number of hydrogen-bond acceptors (Lipinski definition) is 3.